The van der Waals surface area contributed by atoms with Crippen molar-refractivity contribution in [3.05, 3.63) is 58.6 Å². The smallest absolute Gasteiger partial charge is 0.329 e. The third-order valence-electron chi connectivity index (χ3n) is 8.00. The van der Waals surface area contributed by atoms with Gasteiger partial charge < -0.3 is 15.1 Å². The van der Waals surface area contributed by atoms with Crippen molar-refractivity contribution < 1.29 is 4.79 Å². The van der Waals surface area contributed by atoms with Crippen molar-refractivity contribution in [2.45, 2.75) is 70.5 Å². The first-order chi connectivity index (χ1) is 17.1. The molecular formula is C28H39N5O2. The van der Waals surface area contributed by atoms with Crippen LogP contribution in [0.4, 0.5) is 4.79 Å². The Morgan fingerprint density at radius 1 is 1.00 bits per heavy atom. The molecule has 188 valence electrons. The summed E-state index contributed by atoms with van der Waals surface area (Å²) in [6.45, 7) is 7.60. The normalized spacial score (nSPS) is 21.9. The Balaban J connectivity index is 1.24. The highest BCUT2D eigenvalue weighted by Gasteiger charge is 2.28. The molecule has 7 heteroatoms. The topological polar surface area (TPSA) is 62.5 Å². The van der Waals surface area contributed by atoms with E-state index >= 15 is 0 Å². The Labute approximate surface area is 208 Å². The number of aromatic nitrogens is 2. The number of rotatable bonds is 6. The Morgan fingerprint density at radius 2 is 1.74 bits per heavy atom. The van der Waals surface area contributed by atoms with Crippen molar-refractivity contribution in [2.75, 3.05) is 32.7 Å². The molecule has 35 heavy (non-hydrogen) atoms. The fourth-order valence-corrected chi connectivity index (χ4v) is 5.91. The second-order valence-corrected chi connectivity index (χ2v) is 10.3. The number of hydrogen-bond acceptors (Lipinski definition) is 3. The number of benzene rings is 1. The largest absolute Gasteiger partial charge is 0.331 e. The Hall–Kier alpha value is -2.80. The van der Waals surface area contributed by atoms with Gasteiger partial charge in [0, 0.05) is 25.7 Å². The minimum atomic E-state index is 0.00369. The zero-order valence-corrected chi connectivity index (χ0v) is 21.0. The molecule has 5 rings (SSSR count). The number of piperidine rings is 2. The highest BCUT2D eigenvalue weighted by molar-refractivity contribution is 5.76. The number of aryl methyl sites for hydroxylation is 1. The summed E-state index contributed by atoms with van der Waals surface area (Å²) in [5.74, 6) is 0. The number of nitrogens with one attached hydrogen (secondary N) is 1. The monoisotopic (exact) mass is 477 g/mol. The van der Waals surface area contributed by atoms with Gasteiger partial charge in [-0.25, -0.2) is 9.59 Å². The minimum Gasteiger partial charge on any atom is -0.331 e. The second kappa shape index (κ2) is 10.9. The molecule has 0 bridgehead atoms. The van der Waals surface area contributed by atoms with E-state index in [2.05, 4.69) is 41.4 Å². The van der Waals surface area contributed by atoms with Crippen LogP contribution >= 0.6 is 0 Å². The number of fused-ring (bicyclic) bond motifs is 1. The quantitative estimate of drug-likeness (QED) is 0.675. The zero-order valence-electron chi connectivity index (χ0n) is 21.0. The number of para-hydroxylation sites is 2. The van der Waals surface area contributed by atoms with Crippen LogP contribution in [0.2, 0.25) is 0 Å². The molecule has 0 radical (unpaired) electrons. The molecule has 1 unspecified atom stereocenters. The summed E-state index contributed by atoms with van der Waals surface area (Å²) in [6, 6.07) is 8.40. The molecule has 0 spiro atoms. The van der Waals surface area contributed by atoms with E-state index in [-0.39, 0.29) is 23.8 Å². The van der Waals surface area contributed by atoms with Gasteiger partial charge >= 0.3 is 11.7 Å². The van der Waals surface area contributed by atoms with Crippen LogP contribution in [0.3, 0.4) is 0 Å². The van der Waals surface area contributed by atoms with Gasteiger partial charge in [-0.1, -0.05) is 42.4 Å². The molecule has 2 amide bonds. The summed E-state index contributed by atoms with van der Waals surface area (Å²) in [5, 5.41) is 3.18. The van der Waals surface area contributed by atoms with E-state index in [1.165, 1.54) is 37.9 Å². The maximum absolute atomic E-state index is 13.6. The summed E-state index contributed by atoms with van der Waals surface area (Å²) < 4.78 is 3.98. The molecule has 3 aliphatic rings. The fourth-order valence-electron chi connectivity index (χ4n) is 5.91. The third kappa shape index (κ3) is 5.25. The maximum Gasteiger partial charge on any atom is 0.329 e. The van der Waals surface area contributed by atoms with E-state index < -0.39 is 0 Å². The van der Waals surface area contributed by atoms with Crippen molar-refractivity contribution in [3.8, 4) is 0 Å². The Morgan fingerprint density at radius 3 is 2.49 bits per heavy atom. The number of nitrogens with zero attached hydrogens (tertiary/aromatic N) is 4. The van der Waals surface area contributed by atoms with E-state index in [9.17, 15) is 9.59 Å². The molecule has 1 aliphatic carbocycles. The summed E-state index contributed by atoms with van der Waals surface area (Å²) in [7, 11) is 0. The molecule has 1 atom stereocenters. The number of allylic oxidation sites excluding steroid dienone is 2. The van der Waals surface area contributed by atoms with Crippen LogP contribution < -0.4 is 11.0 Å². The van der Waals surface area contributed by atoms with Crippen LogP contribution in [-0.4, -0.2) is 63.7 Å². The van der Waals surface area contributed by atoms with Gasteiger partial charge in [-0.05, 0) is 77.2 Å². The third-order valence-corrected chi connectivity index (χ3v) is 8.00. The van der Waals surface area contributed by atoms with E-state index in [0.29, 0.717) is 13.1 Å². The van der Waals surface area contributed by atoms with Gasteiger partial charge in [-0.2, -0.15) is 0 Å². The zero-order chi connectivity index (χ0) is 24.2. The van der Waals surface area contributed by atoms with Gasteiger partial charge in [0.15, 0.2) is 0 Å². The summed E-state index contributed by atoms with van der Waals surface area (Å²) >= 11 is 0. The van der Waals surface area contributed by atoms with Gasteiger partial charge in [0.2, 0.25) is 0 Å². The van der Waals surface area contributed by atoms with Gasteiger partial charge in [-0.15, -0.1) is 0 Å². The van der Waals surface area contributed by atoms with Gasteiger partial charge in [0.25, 0.3) is 0 Å². The number of carbonyl (C=O) groups excluding carboxylic acids is 1. The van der Waals surface area contributed by atoms with Crippen molar-refractivity contribution in [1.29, 1.82) is 0 Å². The molecule has 1 aromatic heterocycles. The minimum absolute atomic E-state index is 0.00369. The van der Waals surface area contributed by atoms with Crippen molar-refractivity contribution >= 4 is 17.1 Å². The molecule has 2 aliphatic heterocycles. The van der Waals surface area contributed by atoms with Gasteiger partial charge in [0.05, 0.1) is 17.1 Å². The SMILES string of the molecule is CC1=CC=CCC1NC(=O)N1CCC(n2c(=O)n(CCCN3CCCCC3)c3ccccc32)CC1. The standard InChI is InChI=1S/C28H39N5O2/c1-22-10-3-4-11-24(22)29-27(34)31-20-14-23(15-21-31)33-26-13-6-5-12-25(26)32(28(33)35)19-9-18-30-16-7-2-8-17-30/h3-6,10,12-13,23-24H,2,7-9,11,14-21H2,1H3,(H,29,34). The Kier molecular flexibility index (Phi) is 7.42. The maximum atomic E-state index is 13.6. The van der Waals surface area contributed by atoms with Crippen molar-refractivity contribution in [3.63, 3.8) is 0 Å². The number of hydrogen-bond donors (Lipinski definition) is 1. The van der Waals surface area contributed by atoms with Crippen LogP contribution in [0.15, 0.2) is 52.9 Å². The summed E-state index contributed by atoms with van der Waals surface area (Å²) in [6.07, 6.45) is 13.6. The summed E-state index contributed by atoms with van der Waals surface area (Å²) in [5.41, 5.74) is 3.34. The first kappa shape index (κ1) is 23.9. The average Bonchev–Trinajstić information content (AvgIpc) is 3.17. The highest BCUT2D eigenvalue weighted by atomic mass is 16.2. The molecule has 0 saturated carbocycles. The van der Waals surface area contributed by atoms with Crippen LogP contribution in [-0.2, 0) is 6.54 Å². The molecular weight excluding hydrogens is 438 g/mol. The van der Waals surface area contributed by atoms with Crippen molar-refractivity contribution in [1.82, 2.24) is 24.3 Å². The van der Waals surface area contributed by atoms with Crippen LogP contribution in [0, 0.1) is 0 Å². The highest BCUT2D eigenvalue weighted by Crippen LogP contribution is 2.26. The number of carbonyl (C=O) groups is 1. The molecule has 2 saturated heterocycles. The van der Waals surface area contributed by atoms with Gasteiger partial charge in [0.1, 0.15) is 0 Å². The molecule has 2 aromatic rings. The van der Waals surface area contributed by atoms with E-state index in [0.717, 1.165) is 49.8 Å². The van der Waals surface area contributed by atoms with Crippen LogP contribution in [0.25, 0.3) is 11.0 Å². The predicted molar refractivity (Wildman–Crippen MR) is 141 cm³/mol. The number of urea groups is 1. The predicted octanol–water partition coefficient (Wildman–Crippen LogP) is 4.30. The van der Waals surface area contributed by atoms with Crippen LogP contribution in [0.5, 0.6) is 0 Å². The molecule has 2 fully saturated rings. The molecule has 7 nitrogen and oxygen atoms in total. The van der Waals surface area contributed by atoms with E-state index in [4.69, 9.17) is 0 Å². The Bertz CT molecular complexity index is 1150. The second-order valence-electron chi connectivity index (χ2n) is 10.3. The lowest BCUT2D eigenvalue weighted by Gasteiger charge is -2.34. The lowest BCUT2D eigenvalue weighted by Crippen LogP contribution is -2.49. The van der Waals surface area contributed by atoms with E-state index in [1.807, 2.05) is 32.2 Å². The fraction of sp³-hybridized carbons (Fsp3) is 0.571. The number of imidazole rings is 1. The average molecular weight is 478 g/mol. The first-order valence-corrected chi connectivity index (χ1v) is 13.4. The molecule has 1 aromatic carbocycles. The first-order valence-electron chi connectivity index (χ1n) is 13.4. The number of likely N-dealkylation sites (tertiary alicyclic amines) is 2. The van der Waals surface area contributed by atoms with Gasteiger partial charge in [-0.3, -0.25) is 9.13 Å². The molecule has 1 N–H and O–H groups in total. The number of amides is 2. The lowest BCUT2D eigenvalue weighted by molar-refractivity contribution is 0.169. The van der Waals surface area contributed by atoms with Crippen molar-refractivity contribution in [2.24, 2.45) is 0 Å². The molecule has 3 heterocycles. The van der Waals surface area contributed by atoms with Crippen LogP contribution in [0.1, 0.15) is 57.9 Å². The van der Waals surface area contributed by atoms with E-state index in [1.54, 1.807) is 0 Å². The lowest BCUT2D eigenvalue weighted by atomic mass is 10.0. The summed E-state index contributed by atoms with van der Waals surface area (Å²) in [4.78, 5) is 30.9.